The van der Waals surface area contributed by atoms with E-state index >= 15 is 0 Å². The van der Waals surface area contributed by atoms with E-state index in [-0.39, 0.29) is 35.6 Å². The van der Waals surface area contributed by atoms with Crippen molar-refractivity contribution in [3.8, 4) is 22.3 Å². The summed E-state index contributed by atoms with van der Waals surface area (Å²) in [4.78, 5) is 0. The van der Waals surface area contributed by atoms with E-state index in [4.69, 9.17) is 0 Å². The van der Waals surface area contributed by atoms with Gasteiger partial charge in [-0.15, -0.1) is 71.0 Å². The molecule has 0 aromatic heterocycles. The van der Waals surface area contributed by atoms with Gasteiger partial charge in [0.25, 0.3) is 0 Å². The van der Waals surface area contributed by atoms with Crippen LogP contribution in [0, 0.1) is 6.08 Å². The summed E-state index contributed by atoms with van der Waals surface area (Å²) in [6.07, 6.45) is 11.1. The van der Waals surface area contributed by atoms with Crippen molar-refractivity contribution < 1.29 is 24.2 Å². The van der Waals surface area contributed by atoms with Crippen LogP contribution in [0.25, 0.3) is 43.8 Å². The van der Waals surface area contributed by atoms with Gasteiger partial charge in [-0.25, -0.2) is 12.2 Å². The van der Waals surface area contributed by atoms with Gasteiger partial charge in [-0.3, -0.25) is 6.08 Å². The first-order valence-electron chi connectivity index (χ1n) is 18.7. The summed E-state index contributed by atoms with van der Waals surface area (Å²) in [5, 5.41) is 5.36. The zero-order valence-corrected chi connectivity index (χ0v) is 37.0. The molecule has 1 aliphatic carbocycles. The molecule has 0 bridgehead atoms. The topological polar surface area (TPSA) is 0 Å². The molecule has 0 unspecified atom stereocenters. The SMILES string of the molecule is CC(C)(C)c1cc2c(cc1-c1ccccc1)[cH-]c1cc(-c3ccccc3)c(C(C)(C)C)cc12.Cl.Cl.[C-]1=CC=CC1.[Zr+2]=[C](Cc1ccccc1)c1ccccc1. The Labute approximate surface area is 356 Å². The summed E-state index contributed by atoms with van der Waals surface area (Å²) < 4.78 is 1.51. The average Bonchev–Trinajstić information content (AvgIpc) is 3.87. The predicted octanol–water partition coefficient (Wildman–Crippen LogP) is 14.8. The quantitative estimate of drug-likeness (QED) is 0.152. The Morgan fingerprint density at radius 2 is 1.00 bits per heavy atom. The van der Waals surface area contributed by atoms with Crippen LogP contribution in [0.2, 0.25) is 0 Å². The van der Waals surface area contributed by atoms with Crippen molar-refractivity contribution in [3.05, 3.63) is 198 Å². The van der Waals surface area contributed by atoms with E-state index in [0.29, 0.717) is 0 Å². The maximum atomic E-state index is 2.99. The van der Waals surface area contributed by atoms with Crippen LogP contribution in [-0.2, 0) is 41.5 Å². The fourth-order valence-electron chi connectivity index (χ4n) is 6.94. The van der Waals surface area contributed by atoms with Crippen LogP contribution in [0.1, 0.15) is 70.2 Å². The van der Waals surface area contributed by atoms with Crippen LogP contribution in [0.4, 0.5) is 0 Å². The molecule has 0 heterocycles. The fourth-order valence-corrected chi connectivity index (χ4v) is 7.85. The number of hydrogen-bond acceptors (Lipinski definition) is 0. The van der Waals surface area contributed by atoms with E-state index in [0.717, 1.165) is 12.8 Å². The van der Waals surface area contributed by atoms with Gasteiger partial charge < -0.3 is 0 Å². The minimum absolute atomic E-state index is 0. The molecule has 0 aliphatic heterocycles. The third-order valence-electron chi connectivity index (χ3n) is 9.70. The second kappa shape index (κ2) is 19.7. The molecule has 0 saturated carbocycles. The van der Waals surface area contributed by atoms with Crippen molar-refractivity contribution >= 4 is 49.6 Å². The van der Waals surface area contributed by atoms with Crippen molar-refractivity contribution in [2.24, 2.45) is 0 Å². The summed E-state index contributed by atoms with van der Waals surface area (Å²) in [6.45, 7) is 13.9. The molecule has 1 aliphatic rings. The van der Waals surface area contributed by atoms with Gasteiger partial charge >= 0.3 is 106 Å². The van der Waals surface area contributed by atoms with Gasteiger partial charge in [0.15, 0.2) is 0 Å². The normalized spacial score (nSPS) is 11.9. The van der Waals surface area contributed by atoms with Gasteiger partial charge in [0.1, 0.15) is 0 Å². The second-order valence-corrected chi connectivity index (χ2v) is 17.3. The van der Waals surface area contributed by atoms with Crippen molar-refractivity contribution in [3.63, 3.8) is 0 Å². The minimum atomic E-state index is 0. The second-order valence-electron chi connectivity index (χ2n) is 15.9. The molecule has 0 atom stereocenters. The molecule has 278 valence electrons. The summed E-state index contributed by atoms with van der Waals surface area (Å²) in [7, 11) is 0. The molecule has 0 fully saturated rings. The average molecular weight is 839 g/mol. The van der Waals surface area contributed by atoms with Gasteiger partial charge in [0, 0.05) is 0 Å². The fraction of sp³-hybridized carbons (Fsp3) is 0.192. The molecule has 0 N–H and O–H groups in total. The Morgan fingerprint density at radius 1 is 0.582 bits per heavy atom. The van der Waals surface area contributed by atoms with Crippen molar-refractivity contribution in [2.45, 2.75) is 65.2 Å². The van der Waals surface area contributed by atoms with Gasteiger partial charge in [-0.2, -0.15) is 6.08 Å². The van der Waals surface area contributed by atoms with Crippen LogP contribution < -0.4 is 0 Å². The Bertz CT molecular complexity index is 2210. The third-order valence-corrected chi connectivity index (χ3v) is 10.8. The molecule has 8 rings (SSSR count). The van der Waals surface area contributed by atoms with E-state index in [9.17, 15) is 0 Å². The van der Waals surface area contributed by atoms with E-state index in [1.54, 1.807) is 0 Å². The Kier molecular flexibility index (Phi) is 15.7. The zero-order valence-electron chi connectivity index (χ0n) is 32.9. The monoisotopic (exact) mass is 836 g/mol. The zero-order chi connectivity index (χ0) is 37.4. The van der Waals surface area contributed by atoms with E-state index in [1.807, 2.05) is 12.2 Å². The van der Waals surface area contributed by atoms with Crippen molar-refractivity contribution in [1.82, 2.24) is 0 Å². The first-order valence-corrected chi connectivity index (χ1v) is 19.9. The molecular formula is C52H52Cl2Zr. The van der Waals surface area contributed by atoms with E-state index in [2.05, 4.69) is 205 Å². The van der Waals surface area contributed by atoms with E-state index in [1.165, 1.54) is 93.5 Å². The maximum absolute atomic E-state index is 2.99. The van der Waals surface area contributed by atoms with Crippen LogP contribution in [0.3, 0.4) is 0 Å². The summed E-state index contributed by atoms with van der Waals surface area (Å²) >= 11 is 1.50. The van der Waals surface area contributed by atoms with Gasteiger partial charge in [0.05, 0.1) is 0 Å². The molecule has 0 amide bonds. The molecule has 7 aromatic rings. The number of allylic oxidation sites excluding steroid dienone is 4. The van der Waals surface area contributed by atoms with Crippen LogP contribution in [0.15, 0.2) is 170 Å². The molecule has 0 saturated heterocycles. The number of fused-ring (bicyclic) bond motifs is 3. The predicted molar refractivity (Wildman–Crippen MR) is 242 cm³/mol. The number of hydrogen-bond donors (Lipinski definition) is 0. The number of rotatable bonds is 5. The molecular weight excluding hydrogens is 787 g/mol. The van der Waals surface area contributed by atoms with Crippen LogP contribution in [0.5, 0.6) is 0 Å². The Balaban J connectivity index is 0.000000253. The van der Waals surface area contributed by atoms with Crippen LogP contribution >= 0.6 is 24.8 Å². The standard InChI is InChI=1S/C33H33.C14H12.C5H5.2ClH.Zr/c1-32(2,3)30-20-26-24(18-28(30)22-13-9-7-10-14-22)17-25-19-29(23-15-11-8-12-16-23)31(21-27(25)26)33(4,5)6;1-3-7-13(8-4-1)11-12-14-9-5-2-6-10-14;1-2-4-5-3-1;;;/h7-21H,1-6H3;1-10H,11H2;1-3H,4H2;2*1H;/q-1;;-1;;;+2. The molecule has 3 heteroatoms. The van der Waals surface area contributed by atoms with E-state index < -0.39 is 0 Å². The van der Waals surface area contributed by atoms with Crippen molar-refractivity contribution in [2.75, 3.05) is 0 Å². The summed E-state index contributed by atoms with van der Waals surface area (Å²) in [5.41, 5.74) is 10.9. The first kappa shape index (κ1) is 43.7. The summed E-state index contributed by atoms with van der Waals surface area (Å²) in [5.74, 6) is 0. The van der Waals surface area contributed by atoms with Gasteiger partial charge in [0.2, 0.25) is 0 Å². The Hall–Kier alpha value is -4.00. The summed E-state index contributed by atoms with van der Waals surface area (Å²) in [6, 6.07) is 55.0. The number of benzene rings is 6. The molecule has 7 aromatic carbocycles. The van der Waals surface area contributed by atoms with Gasteiger partial charge in [-0.05, 0) is 44.2 Å². The first-order chi connectivity index (χ1) is 25.5. The number of halogens is 2. The van der Waals surface area contributed by atoms with Gasteiger partial charge in [-0.1, -0.05) is 114 Å². The third kappa shape index (κ3) is 11.3. The Morgan fingerprint density at radius 3 is 1.36 bits per heavy atom. The van der Waals surface area contributed by atoms with Crippen molar-refractivity contribution in [1.29, 1.82) is 0 Å². The molecule has 0 radical (unpaired) electrons. The van der Waals surface area contributed by atoms with Crippen LogP contribution in [-0.4, -0.2) is 3.21 Å². The molecule has 0 nitrogen and oxygen atoms in total. The molecule has 0 spiro atoms. The molecule has 55 heavy (non-hydrogen) atoms.